The fourth-order valence-electron chi connectivity index (χ4n) is 1.92. The molecule has 0 aliphatic heterocycles. The Morgan fingerprint density at radius 2 is 1.96 bits per heavy atom. The molecular formula is C17H19NO5. The molecule has 6 nitrogen and oxygen atoms in total. The standard InChI is InChI=1S/C17H19NO5/c1-21-14-6-4-13(5-7-14)9-12-23-16(19)8-10-18-17(20)15-3-2-11-22-15/h2-7,11H,8-10,12H2,1H3,(H,18,20). The number of benzene rings is 1. The molecule has 1 aromatic carbocycles. The van der Waals surface area contributed by atoms with Crippen LogP contribution in [-0.4, -0.2) is 32.1 Å². The van der Waals surface area contributed by atoms with E-state index in [1.54, 1.807) is 19.2 Å². The van der Waals surface area contributed by atoms with Gasteiger partial charge in [-0.1, -0.05) is 12.1 Å². The first kappa shape index (κ1) is 16.6. The second kappa shape index (κ2) is 8.63. The molecule has 0 saturated carbocycles. The highest BCUT2D eigenvalue weighted by Gasteiger charge is 2.09. The number of rotatable bonds is 8. The first-order chi connectivity index (χ1) is 11.2. The van der Waals surface area contributed by atoms with Crippen LogP contribution in [0.1, 0.15) is 22.5 Å². The van der Waals surface area contributed by atoms with E-state index in [9.17, 15) is 9.59 Å². The number of ether oxygens (including phenoxy) is 2. The SMILES string of the molecule is COc1ccc(CCOC(=O)CCNC(=O)c2ccco2)cc1. The third kappa shape index (κ3) is 5.50. The van der Waals surface area contributed by atoms with Crippen molar-refractivity contribution < 1.29 is 23.5 Å². The summed E-state index contributed by atoms with van der Waals surface area (Å²) in [6.07, 6.45) is 2.17. The summed E-state index contributed by atoms with van der Waals surface area (Å²) in [6.45, 7) is 0.512. The van der Waals surface area contributed by atoms with E-state index in [4.69, 9.17) is 13.9 Å². The van der Waals surface area contributed by atoms with Gasteiger partial charge in [0, 0.05) is 13.0 Å². The molecule has 23 heavy (non-hydrogen) atoms. The van der Waals surface area contributed by atoms with Crippen LogP contribution in [0.2, 0.25) is 0 Å². The molecule has 0 atom stereocenters. The van der Waals surface area contributed by atoms with Crippen molar-refractivity contribution in [1.29, 1.82) is 0 Å². The van der Waals surface area contributed by atoms with Gasteiger partial charge in [-0.2, -0.15) is 0 Å². The molecule has 0 fully saturated rings. The predicted molar refractivity (Wildman–Crippen MR) is 83.3 cm³/mol. The van der Waals surface area contributed by atoms with Crippen molar-refractivity contribution in [3.8, 4) is 5.75 Å². The zero-order valence-corrected chi connectivity index (χ0v) is 12.9. The van der Waals surface area contributed by atoms with Gasteiger partial charge in [-0.25, -0.2) is 0 Å². The minimum absolute atomic E-state index is 0.120. The summed E-state index contributed by atoms with van der Waals surface area (Å²) in [7, 11) is 1.61. The number of carbonyl (C=O) groups excluding carboxylic acids is 2. The molecule has 0 unspecified atom stereocenters. The number of amides is 1. The predicted octanol–water partition coefficient (Wildman–Crippen LogP) is 2.19. The quantitative estimate of drug-likeness (QED) is 0.755. The van der Waals surface area contributed by atoms with E-state index < -0.39 is 0 Å². The summed E-state index contributed by atoms with van der Waals surface area (Å²) < 4.78 is 15.2. The van der Waals surface area contributed by atoms with Gasteiger partial charge in [-0.15, -0.1) is 0 Å². The minimum atomic E-state index is -0.349. The number of nitrogens with one attached hydrogen (secondary N) is 1. The zero-order chi connectivity index (χ0) is 16.5. The highest BCUT2D eigenvalue weighted by molar-refractivity contribution is 5.91. The first-order valence-electron chi connectivity index (χ1n) is 7.29. The topological polar surface area (TPSA) is 77.8 Å². The number of carbonyl (C=O) groups is 2. The zero-order valence-electron chi connectivity index (χ0n) is 12.9. The van der Waals surface area contributed by atoms with Crippen LogP contribution in [0.15, 0.2) is 47.1 Å². The number of methoxy groups -OCH3 is 1. The largest absolute Gasteiger partial charge is 0.497 e. The fraction of sp³-hybridized carbons (Fsp3) is 0.294. The van der Waals surface area contributed by atoms with Crippen LogP contribution in [0.5, 0.6) is 5.75 Å². The van der Waals surface area contributed by atoms with Gasteiger partial charge in [0.15, 0.2) is 5.76 Å². The summed E-state index contributed by atoms with van der Waals surface area (Å²) in [5, 5.41) is 2.59. The van der Waals surface area contributed by atoms with Crippen molar-refractivity contribution in [3.63, 3.8) is 0 Å². The Kier molecular flexibility index (Phi) is 6.23. The van der Waals surface area contributed by atoms with Crippen molar-refractivity contribution >= 4 is 11.9 Å². The lowest BCUT2D eigenvalue weighted by Crippen LogP contribution is -2.26. The van der Waals surface area contributed by atoms with Gasteiger partial charge in [0.05, 0.1) is 26.4 Å². The summed E-state index contributed by atoms with van der Waals surface area (Å²) in [6, 6.07) is 10.8. The lowest BCUT2D eigenvalue weighted by Gasteiger charge is -2.06. The molecule has 0 saturated heterocycles. The molecule has 0 aliphatic rings. The molecular weight excluding hydrogens is 298 g/mol. The monoisotopic (exact) mass is 317 g/mol. The molecule has 0 radical (unpaired) electrons. The Morgan fingerprint density at radius 1 is 1.17 bits per heavy atom. The van der Waals surface area contributed by atoms with Crippen molar-refractivity contribution in [2.75, 3.05) is 20.3 Å². The van der Waals surface area contributed by atoms with Gasteiger partial charge in [0.2, 0.25) is 0 Å². The van der Waals surface area contributed by atoms with E-state index in [1.165, 1.54) is 6.26 Å². The first-order valence-corrected chi connectivity index (χ1v) is 7.29. The van der Waals surface area contributed by atoms with E-state index >= 15 is 0 Å². The highest BCUT2D eigenvalue weighted by atomic mass is 16.5. The third-order valence-electron chi connectivity index (χ3n) is 3.17. The Bertz CT molecular complexity index is 619. The molecule has 0 bridgehead atoms. The lowest BCUT2D eigenvalue weighted by atomic mass is 10.1. The van der Waals surface area contributed by atoms with Crippen molar-refractivity contribution in [1.82, 2.24) is 5.32 Å². The summed E-state index contributed by atoms with van der Waals surface area (Å²) in [4.78, 5) is 23.2. The molecule has 2 rings (SSSR count). The fourth-order valence-corrected chi connectivity index (χ4v) is 1.92. The molecule has 1 N–H and O–H groups in total. The average Bonchev–Trinajstić information content (AvgIpc) is 3.10. The number of esters is 1. The van der Waals surface area contributed by atoms with Crippen molar-refractivity contribution in [2.24, 2.45) is 0 Å². The lowest BCUT2D eigenvalue weighted by molar-refractivity contribution is -0.143. The molecule has 2 aromatic rings. The number of furan rings is 1. The van der Waals surface area contributed by atoms with Gasteiger partial charge >= 0.3 is 5.97 Å². The van der Waals surface area contributed by atoms with E-state index in [2.05, 4.69) is 5.32 Å². The van der Waals surface area contributed by atoms with Crippen LogP contribution in [-0.2, 0) is 16.0 Å². The molecule has 122 valence electrons. The maximum atomic E-state index is 11.6. The summed E-state index contributed by atoms with van der Waals surface area (Å²) in [5.74, 6) is 0.315. The maximum absolute atomic E-state index is 11.6. The second-order valence-electron chi connectivity index (χ2n) is 4.80. The van der Waals surface area contributed by atoms with E-state index in [0.717, 1.165) is 11.3 Å². The minimum Gasteiger partial charge on any atom is -0.497 e. The normalized spacial score (nSPS) is 10.1. The summed E-state index contributed by atoms with van der Waals surface area (Å²) >= 11 is 0. The van der Waals surface area contributed by atoms with E-state index in [1.807, 2.05) is 24.3 Å². The van der Waals surface area contributed by atoms with Crippen LogP contribution in [0.4, 0.5) is 0 Å². The summed E-state index contributed by atoms with van der Waals surface area (Å²) in [5.41, 5.74) is 1.06. The van der Waals surface area contributed by atoms with Crippen LogP contribution in [0, 0.1) is 0 Å². The van der Waals surface area contributed by atoms with Crippen molar-refractivity contribution in [3.05, 3.63) is 54.0 Å². The van der Waals surface area contributed by atoms with Crippen LogP contribution in [0.3, 0.4) is 0 Å². The van der Waals surface area contributed by atoms with E-state index in [0.29, 0.717) is 13.0 Å². The molecule has 0 aliphatic carbocycles. The van der Waals surface area contributed by atoms with Gasteiger partial charge in [-0.05, 0) is 29.8 Å². The third-order valence-corrected chi connectivity index (χ3v) is 3.17. The van der Waals surface area contributed by atoms with Crippen LogP contribution >= 0.6 is 0 Å². The van der Waals surface area contributed by atoms with Crippen LogP contribution < -0.4 is 10.1 Å². The Morgan fingerprint density at radius 3 is 2.61 bits per heavy atom. The Hall–Kier alpha value is -2.76. The number of hydrogen-bond acceptors (Lipinski definition) is 5. The molecule has 1 amide bonds. The molecule has 6 heteroatoms. The second-order valence-corrected chi connectivity index (χ2v) is 4.80. The smallest absolute Gasteiger partial charge is 0.307 e. The van der Waals surface area contributed by atoms with Crippen molar-refractivity contribution in [2.45, 2.75) is 12.8 Å². The molecule has 1 aromatic heterocycles. The molecule has 0 spiro atoms. The van der Waals surface area contributed by atoms with Gasteiger partial charge in [-0.3, -0.25) is 9.59 Å². The van der Waals surface area contributed by atoms with Gasteiger partial charge in [0.25, 0.3) is 5.91 Å². The number of hydrogen-bond donors (Lipinski definition) is 1. The van der Waals surface area contributed by atoms with Gasteiger partial charge < -0.3 is 19.2 Å². The molecule has 1 heterocycles. The van der Waals surface area contributed by atoms with E-state index in [-0.39, 0.29) is 30.6 Å². The van der Waals surface area contributed by atoms with Gasteiger partial charge in [0.1, 0.15) is 5.75 Å². The Balaban J connectivity index is 1.60. The average molecular weight is 317 g/mol. The van der Waals surface area contributed by atoms with Crippen LogP contribution in [0.25, 0.3) is 0 Å². The highest BCUT2D eigenvalue weighted by Crippen LogP contribution is 2.11. The Labute approximate surface area is 134 Å². The maximum Gasteiger partial charge on any atom is 0.307 e.